The zero-order chi connectivity index (χ0) is 9.42. The molecule has 1 aromatic carbocycles. The Kier molecular flexibility index (Phi) is 2.09. The zero-order valence-electron chi connectivity index (χ0n) is 6.58. The Labute approximate surface area is 87.5 Å². The van der Waals surface area contributed by atoms with Gasteiger partial charge in [0.25, 0.3) is 5.91 Å². The highest BCUT2D eigenvalue weighted by Gasteiger charge is 2.05. The first-order valence-corrected chi connectivity index (χ1v) is 5.26. The topological polar surface area (TPSA) is 43.1 Å². The number of hydrogen-bond acceptors (Lipinski definition) is 2. The number of hydrogen-bond donors (Lipinski definition) is 1. The Morgan fingerprint density at radius 1 is 1.38 bits per heavy atom. The number of thiophene rings is 1. The molecular weight excluding hydrogens is 250 g/mol. The second-order valence-electron chi connectivity index (χ2n) is 2.66. The number of carbonyl (C=O) groups excluding carboxylic acids is 1. The number of fused-ring (bicyclic) bond motifs is 1. The van der Waals surface area contributed by atoms with Crippen molar-refractivity contribution in [3.05, 3.63) is 33.6 Å². The summed E-state index contributed by atoms with van der Waals surface area (Å²) in [7, 11) is 0. The molecule has 1 aromatic heterocycles. The number of rotatable bonds is 1. The second-order valence-corrected chi connectivity index (χ2v) is 4.66. The predicted octanol–water partition coefficient (Wildman–Crippen LogP) is 2.76. The molecule has 2 aromatic rings. The van der Waals surface area contributed by atoms with Crippen molar-refractivity contribution in [3.8, 4) is 0 Å². The van der Waals surface area contributed by atoms with Gasteiger partial charge in [-0.3, -0.25) is 4.79 Å². The van der Waals surface area contributed by atoms with E-state index in [1.165, 1.54) is 11.3 Å². The third-order valence-corrected chi connectivity index (χ3v) is 3.33. The molecule has 0 radical (unpaired) electrons. The minimum absolute atomic E-state index is 0.364. The van der Waals surface area contributed by atoms with Crippen molar-refractivity contribution in [2.75, 3.05) is 0 Å². The molecular formula is C9H6BrNOS. The van der Waals surface area contributed by atoms with Gasteiger partial charge in [0.1, 0.15) is 0 Å². The minimum Gasteiger partial charge on any atom is -0.365 e. The first kappa shape index (κ1) is 8.72. The van der Waals surface area contributed by atoms with Gasteiger partial charge < -0.3 is 5.73 Å². The molecule has 4 heteroatoms. The van der Waals surface area contributed by atoms with Gasteiger partial charge in [-0.2, -0.15) is 0 Å². The van der Waals surface area contributed by atoms with E-state index in [9.17, 15) is 4.79 Å². The smallest absolute Gasteiger partial charge is 0.258 e. The normalized spacial score (nSPS) is 10.5. The van der Waals surface area contributed by atoms with Crippen molar-refractivity contribution >= 4 is 43.3 Å². The summed E-state index contributed by atoms with van der Waals surface area (Å²) in [5, 5.41) is 1.06. The Bertz CT molecular complexity index is 477. The molecule has 0 aliphatic carbocycles. The zero-order valence-corrected chi connectivity index (χ0v) is 8.98. The summed E-state index contributed by atoms with van der Waals surface area (Å²) >= 11 is 4.78. The van der Waals surface area contributed by atoms with Gasteiger partial charge in [-0.05, 0) is 23.6 Å². The van der Waals surface area contributed by atoms with Crippen LogP contribution in [0.4, 0.5) is 0 Å². The van der Waals surface area contributed by atoms with Crippen LogP contribution in [0.5, 0.6) is 0 Å². The summed E-state index contributed by atoms with van der Waals surface area (Å²) in [6.07, 6.45) is 0. The van der Waals surface area contributed by atoms with Gasteiger partial charge in [0.15, 0.2) is 0 Å². The lowest BCUT2D eigenvalue weighted by atomic mass is 10.2. The molecule has 0 fully saturated rings. The first-order chi connectivity index (χ1) is 6.16. The monoisotopic (exact) mass is 255 g/mol. The molecule has 1 amide bonds. The van der Waals surface area contributed by atoms with Crippen molar-refractivity contribution in [2.24, 2.45) is 5.73 Å². The maximum Gasteiger partial charge on any atom is 0.258 e. The molecule has 0 saturated carbocycles. The van der Waals surface area contributed by atoms with Gasteiger partial charge in [0.2, 0.25) is 0 Å². The lowest BCUT2D eigenvalue weighted by molar-refractivity contribution is 0.100. The average Bonchev–Trinajstić information content (AvgIpc) is 2.46. The third kappa shape index (κ3) is 1.59. The largest absolute Gasteiger partial charge is 0.365 e. The van der Waals surface area contributed by atoms with Gasteiger partial charge >= 0.3 is 0 Å². The number of halogens is 1. The van der Waals surface area contributed by atoms with Crippen LogP contribution in [0.2, 0.25) is 0 Å². The summed E-state index contributed by atoms with van der Waals surface area (Å²) in [6.45, 7) is 0. The number of carbonyl (C=O) groups is 1. The standard InChI is InChI=1S/C9H6BrNOS/c10-6-2-1-5-3-8(9(11)12)13-7(5)4-6/h1-4H,(H2,11,12). The van der Waals surface area contributed by atoms with Crippen molar-refractivity contribution in [1.82, 2.24) is 0 Å². The van der Waals surface area contributed by atoms with Crippen LogP contribution in [-0.2, 0) is 0 Å². The highest BCUT2D eigenvalue weighted by Crippen LogP contribution is 2.27. The Morgan fingerprint density at radius 2 is 2.15 bits per heavy atom. The molecule has 0 aliphatic rings. The molecule has 2 rings (SSSR count). The molecule has 1 heterocycles. The maximum absolute atomic E-state index is 10.9. The van der Waals surface area contributed by atoms with Gasteiger partial charge in [-0.25, -0.2) is 0 Å². The lowest BCUT2D eigenvalue weighted by Crippen LogP contribution is -2.07. The highest BCUT2D eigenvalue weighted by atomic mass is 79.9. The fraction of sp³-hybridized carbons (Fsp3) is 0. The Morgan fingerprint density at radius 3 is 2.85 bits per heavy atom. The van der Waals surface area contributed by atoms with E-state index in [2.05, 4.69) is 15.9 Å². The van der Waals surface area contributed by atoms with Gasteiger partial charge in [0.05, 0.1) is 4.88 Å². The molecule has 0 bridgehead atoms. The van der Waals surface area contributed by atoms with Crippen molar-refractivity contribution in [2.45, 2.75) is 0 Å². The third-order valence-electron chi connectivity index (χ3n) is 1.72. The van der Waals surface area contributed by atoms with Crippen molar-refractivity contribution in [1.29, 1.82) is 0 Å². The van der Waals surface area contributed by atoms with Crippen LogP contribution in [-0.4, -0.2) is 5.91 Å². The van der Waals surface area contributed by atoms with Gasteiger partial charge in [0, 0.05) is 9.17 Å². The van der Waals surface area contributed by atoms with Crippen LogP contribution in [0.25, 0.3) is 10.1 Å². The first-order valence-electron chi connectivity index (χ1n) is 3.66. The summed E-state index contributed by atoms with van der Waals surface area (Å²) in [5.41, 5.74) is 5.18. The maximum atomic E-state index is 10.9. The van der Waals surface area contributed by atoms with Crippen LogP contribution in [0.1, 0.15) is 9.67 Å². The number of amides is 1. The van der Waals surface area contributed by atoms with Crippen LogP contribution in [0, 0.1) is 0 Å². The van der Waals surface area contributed by atoms with E-state index < -0.39 is 0 Å². The van der Waals surface area contributed by atoms with E-state index in [-0.39, 0.29) is 5.91 Å². The lowest BCUT2D eigenvalue weighted by Gasteiger charge is -1.88. The second kappa shape index (κ2) is 3.12. The fourth-order valence-electron chi connectivity index (χ4n) is 1.13. The molecule has 0 spiro atoms. The SMILES string of the molecule is NC(=O)c1cc2ccc(Br)cc2s1. The van der Waals surface area contributed by atoms with Crippen LogP contribution >= 0.6 is 27.3 Å². The summed E-state index contributed by atoms with van der Waals surface area (Å²) in [6, 6.07) is 7.70. The Hall–Kier alpha value is -0.870. The fourth-order valence-corrected chi connectivity index (χ4v) is 2.59. The summed E-state index contributed by atoms with van der Waals surface area (Å²) in [4.78, 5) is 11.5. The molecule has 0 aliphatic heterocycles. The van der Waals surface area contributed by atoms with E-state index in [4.69, 9.17) is 5.73 Å². The van der Waals surface area contributed by atoms with Crippen LogP contribution < -0.4 is 5.73 Å². The number of benzene rings is 1. The predicted molar refractivity (Wildman–Crippen MR) is 58.0 cm³/mol. The van der Waals surface area contributed by atoms with E-state index in [0.717, 1.165) is 14.6 Å². The summed E-state index contributed by atoms with van der Waals surface area (Å²) in [5.74, 6) is -0.364. The van der Waals surface area contributed by atoms with E-state index in [1.54, 1.807) is 0 Å². The molecule has 0 unspecified atom stereocenters. The molecule has 13 heavy (non-hydrogen) atoms. The minimum atomic E-state index is -0.364. The van der Waals surface area contributed by atoms with E-state index >= 15 is 0 Å². The molecule has 2 nitrogen and oxygen atoms in total. The number of primary amides is 1. The summed E-state index contributed by atoms with van der Waals surface area (Å²) < 4.78 is 2.08. The van der Waals surface area contributed by atoms with Gasteiger partial charge in [-0.15, -0.1) is 11.3 Å². The van der Waals surface area contributed by atoms with Crippen molar-refractivity contribution in [3.63, 3.8) is 0 Å². The van der Waals surface area contributed by atoms with Crippen molar-refractivity contribution < 1.29 is 4.79 Å². The van der Waals surface area contributed by atoms with E-state index in [1.807, 2.05) is 24.3 Å². The highest BCUT2D eigenvalue weighted by molar-refractivity contribution is 9.10. The number of nitrogens with two attached hydrogens (primary N) is 1. The molecule has 66 valence electrons. The van der Waals surface area contributed by atoms with E-state index in [0.29, 0.717) is 4.88 Å². The van der Waals surface area contributed by atoms with Gasteiger partial charge in [-0.1, -0.05) is 22.0 Å². The quantitative estimate of drug-likeness (QED) is 0.837. The van der Waals surface area contributed by atoms with Crippen LogP contribution in [0.15, 0.2) is 28.7 Å². The average molecular weight is 256 g/mol. The molecule has 0 saturated heterocycles. The Balaban J connectivity index is 2.68. The molecule has 0 atom stereocenters. The van der Waals surface area contributed by atoms with Crippen LogP contribution in [0.3, 0.4) is 0 Å². The molecule has 2 N–H and O–H groups in total.